The standard InChI is InChI=1S/C12H14O2/c1-8-6-12-10(4-3-5-14-12)7-11(8)9(2)13/h6-7H,3-5H2,1-2H3. The quantitative estimate of drug-likeness (QED) is 0.636. The minimum atomic E-state index is 0.135. The molecule has 0 unspecified atom stereocenters. The van der Waals surface area contributed by atoms with E-state index >= 15 is 0 Å². The molecule has 2 heteroatoms. The van der Waals surface area contributed by atoms with Crippen molar-refractivity contribution >= 4 is 5.78 Å². The Kier molecular flexibility index (Phi) is 2.28. The molecule has 2 nitrogen and oxygen atoms in total. The van der Waals surface area contributed by atoms with Crippen molar-refractivity contribution in [1.82, 2.24) is 0 Å². The molecule has 14 heavy (non-hydrogen) atoms. The van der Waals surface area contributed by atoms with Gasteiger partial charge in [0, 0.05) is 5.56 Å². The number of aryl methyl sites for hydroxylation is 2. The fourth-order valence-electron chi connectivity index (χ4n) is 1.88. The second kappa shape index (κ2) is 3.45. The Bertz CT molecular complexity index is 380. The number of hydrogen-bond donors (Lipinski definition) is 0. The number of ether oxygens (including phenoxy) is 1. The van der Waals surface area contributed by atoms with E-state index in [-0.39, 0.29) is 5.78 Å². The van der Waals surface area contributed by atoms with Crippen LogP contribution >= 0.6 is 0 Å². The van der Waals surface area contributed by atoms with Gasteiger partial charge in [-0.15, -0.1) is 0 Å². The summed E-state index contributed by atoms with van der Waals surface area (Å²) in [5, 5.41) is 0. The zero-order valence-corrected chi connectivity index (χ0v) is 8.59. The maximum atomic E-state index is 11.3. The lowest BCUT2D eigenvalue weighted by atomic mass is 9.97. The van der Waals surface area contributed by atoms with Crippen molar-refractivity contribution in [2.45, 2.75) is 26.7 Å². The zero-order valence-electron chi connectivity index (χ0n) is 8.59. The molecule has 1 aromatic rings. The van der Waals surface area contributed by atoms with Crippen molar-refractivity contribution in [3.63, 3.8) is 0 Å². The summed E-state index contributed by atoms with van der Waals surface area (Å²) < 4.78 is 5.53. The van der Waals surface area contributed by atoms with E-state index in [1.54, 1.807) is 6.92 Å². The molecule has 0 bridgehead atoms. The molecule has 0 spiro atoms. The van der Waals surface area contributed by atoms with Gasteiger partial charge in [-0.2, -0.15) is 0 Å². The number of rotatable bonds is 1. The van der Waals surface area contributed by atoms with Crippen LogP contribution in [0.5, 0.6) is 5.75 Å². The molecule has 0 radical (unpaired) electrons. The van der Waals surface area contributed by atoms with E-state index in [1.807, 2.05) is 19.1 Å². The van der Waals surface area contributed by atoms with Crippen molar-refractivity contribution in [2.24, 2.45) is 0 Å². The van der Waals surface area contributed by atoms with Gasteiger partial charge in [0.1, 0.15) is 5.75 Å². The van der Waals surface area contributed by atoms with Crippen LogP contribution in [-0.4, -0.2) is 12.4 Å². The fourth-order valence-corrected chi connectivity index (χ4v) is 1.88. The lowest BCUT2D eigenvalue weighted by Crippen LogP contribution is -2.10. The van der Waals surface area contributed by atoms with Gasteiger partial charge in [-0.25, -0.2) is 0 Å². The van der Waals surface area contributed by atoms with Gasteiger partial charge in [-0.3, -0.25) is 4.79 Å². The molecule has 1 aliphatic heterocycles. The number of fused-ring (bicyclic) bond motifs is 1. The average Bonchev–Trinajstić information content (AvgIpc) is 2.16. The van der Waals surface area contributed by atoms with E-state index in [0.717, 1.165) is 36.3 Å². The lowest BCUT2D eigenvalue weighted by Gasteiger charge is -2.18. The van der Waals surface area contributed by atoms with E-state index in [4.69, 9.17) is 4.74 Å². The highest BCUT2D eigenvalue weighted by atomic mass is 16.5. The first kappa shape index (κ1) is 9.25. The topological polar surface area (TPSA) is 26.3 Å². The summed E-state index contributed by atoms with van der Waals surface area (Å²) in [5.41, 5.74) is 3.01. The van der Waals surface area contributed by atoms with Crippen LogP contribution in [0.3, 0.4) is 0 Å². The van der Waals surface area contributed by atoms with E-state index in [2.05, 4.69) is 0 Å². The van der Waals surface area contributed by atoms with Crippen LogP contribution in [0.1, 0.15) is 34.8 Å². The maximum Gasteiger partial charge on any atom is 0.160 e. The predicted octanol–water partition coefficient (Wildman–Crippen LogP) is 2.52. The highest BCUT2D eigenvalue weighted by Gasteiger charge is 2.14. The normalized spacial score (nSPS) is 14.4. The summed E-state index contributed by atoms with van der Waals surface area (Å²) >= 11 is 0. The minimum absolute atomic E-state index is 0.135. The summed E-state index contributed by atoms with van der Waals surface area (Å²) in [7, 11) is 0. The van der Waals surface area contributed by atoms with E-state index in [1.165, 1.54) is 5.56 Å². The van der Waals surface area contributed by atoms with Gasteiger partial charge in [0.05, 0.1) is 6.61 Å². The number of carbonyl (C=O) groups excluding carboxylic acids is 1. The third-order valence-corrected chi connectivity index (χ3v) is 2.63. The Balaban J connectivity index is 2.50. The van der Waals surface area contributed by atoms with Gasteiger partial charge in [0.25, 0.3) is 0 Å². The number of Topliss-reactive ketones (excluding diaryl/α,β-unsaturated/α-hetero) is 1. The van der Waals surface area contributed by atoms with Gasteiger partial charge < -0.3 is 4.74 Å². The van der Waals surface area contributed by atoms with E-state index < -0.39 is 0 Å². The summed E-state index contributed by atoms with van der Waals surface area (Å²) in [6.45, 7) is 4.36. The monoisotopic (exact) mass is 190 g/mol. The predicted molar refractivity (Wildman–Crippen MR) is 55.0 cm³/mol. The molecule has 74 valence electrons. The molecule has 1 aromatic carbocycles. The van der Waals surface area contributed by atoms with Crippen molar-refractivity contribution in [1.29, 1.82) is 0 Å². The first-order valence-corrected chi connectivity index (χ1v) is 4.96. The first-order valence-electron chi connectivity index (χ1n) is 4.96. The molecule has 0 aromatic heterocycles. The molecule has 1 aliphatic rings. The zero-order chi connectivity index (χ0) is 10.1. The molecule has 1 heterocycles. The van der Waals surface area contributed by atoms with Crippen LogP contribution < -0.4 is 4.74 Å². The van der Waals surface area contributed by atoms with Crippen LogP contribution in [0, 0.1) is 6.92 Å². The first-order chi connectivity index (χ1) is 6.68. The summed E-state index contributed by atoms with van der Waals surface area (Å²) in [5.74, 6) is 1.09. The summed E-state index contributed by atoms with van der Waals surface area (Å²) in [6, 6.07) is 3.96. The highest BCUT2D eigenvalue weighted by Crippen LogP contribution is 2.28. The number of benzene rings is 1. The largest absolute Gasteiger partial charge is 0.493 e. The lowest BCUT2D eigenvalue weighted by molar-refractivity contribution is 0.101. The van der Waals surface area contributed by atoms with Crippen LogP contribution in [0.2, 0.25) is 0 Å². The molecule has 0 fully saturated rings. The van der Waals surface area contributed by atoms with Crippen molar-refractivity contribution < 1.29 is 9.53 Å². The summed E-state index contributed by atoms with van der Waals surface area (Å²) in [6.07, 6.45) is 2.07. The van der Waals surface area contributed by atoms with E-state index in [9.17, 15) is 4.79 Å². The minimum Gasteiger partial charge on any atom is -0.493 e. The molecule has 0 saturated heterocycles. The third-order valence-electron chi connectivity index (χ3n) is 2.63. The van der Waals surface area contributed by atoms with Crippen LogP contribution in [0.25, 0.3) is 0 Å². The average molecular weight is 190 g/mol. The Morgan fingerprint density at radius 2 is 2.21 bits per heavy atom. The van der Waals surface area contributed by atoms with Gasteiger partial charge in [-0.1, -0.05) is 0 Å². The second-order valence-corrected chi connectivity index (χ2v) is 3.78. The van der Waals surface area contributed by atoms with Gasteiger partial charge in [0.2, 0.25) is 0 Å². The number of carbonyl (C=O) groups is 1. The van der Waals surface area contributed by atoms with Gasteiger partial charge in [-0.05, 0) is 49.9 Å². The van der Waals surface area contributed by atoms with Crippen molar-refractivity contribution in [2.75, 3.05) is 6.61 Å². The number of ketones is 1. The van der Waals surface area contributed by atoms with Crippen LogP contribution in [0.15, 0.2) is 12.1 Å². The molecule has 0 aliphatic carbocycles. The Hall–Kier alpha value is -1.31. The second-order valence-electron chi connectivity index (χ2n) is 3.78. The van der Waals surface area contributed by atoms with Crippen LogP contribution in [-0.2, 0) is 6.42 Å². The SMILES string of the molecule is CC(=O)c1cc2c(cc1C)OCCC2. The van der Waals surface area contributed by atoms with Crippen molar-refractivity contribution in [3.8, 4) is 5.75 Å². The van der Waals surface area contributed by atoms with Crippen LogP contribution in [0.4, 0.5) is 0 Å². The molecule has 0 N–H and O–H groups in total. The van der Waals surface area contributed by atoms with Crippen molar-refractivity contribution in [3.05, 3.63) is 28.8 Å². The van der Waals surface area contributed by atoms with E-state index in [0.29, 0.717) is 0 Å². The molecular formula is C12H14O2. The molecular weight excluding hydrogens is 176 g/mol. The Labute approximate surface area is 83.9 Å². The smallest absolute Gasteiger partial charge is 0.160 e. The fraction of sp³-hybridized carbons (Fsp3) is 0.417. The molecule has 2 rings (SSSR count). The Morgan fingerprint density at radius 3 is 2.93 bits per heavy atom. The maximum absolute atomic E-state index is 11.3. The van der Waals surface area contributed by atoms with Gasteiger partial charge in [0.15, 0.2) is 5.78 Å². The summed E-state index contributed by atoms with van der Waals surface area (Å²) in [4.78, 5) is 11.3. The molecule has 0 saturated carbocycles. The molecule has 0 amide bonds. The van der Waals surface area contributed by atoms with Gasteiger partial charge >= 0.3 is 0 Å². The molecule has 0 atom stereocenters. The third kappa shape index (κ3) is 1.52. The Morgan fingerprint density at radius 1 is 1.43 bits per heavy atom. The highest BCUT2D eigenvalue weighted by molar-refractivity contribution is 5.96. The number of hydrogen-bond acceptors (Lipinski definition) is 2.